The molecule has 0 bridgehead atoms. The molecule has 1 aromatic heterocycles. The zero-order valence-corrected chi connectivity index (χ0v) is 17.1. The summed E-state index contributed by atoms with van der Waals surface area (Å²) in [5.74, 6) is 0.635. The van der Waals surface area contributed by atoms with Gasteiger partial charge in [0, 0.05) is 29.6 Å². The lowest BCUT2D eigenvalue weighted by Crippen LogP contribution is -2.27. The van der Waals surface area contributed by atoms with E-state index in [0.29, 0.717) is 35.8 Å². The van der Waals surface area contributed by atoms with Crippen LogP contribution >= 0.6 is 11.3 Å². The zero-order valence-electron chi connectivity index (χ0n) is 15.4. The number of ether oxygens (including phenoxy) is 2. The molecule has 0 saturated carbocycles. The zero-order chi connectivity index (χ0) is 19.6. The van der Waals surface area contributed by atoms with Crippen molar-refractivity contribution in [2.24, 2.45) is 0 Å². The van der Waals surface area contributed by atoms with E-state index in [0.717, 1.165) is 17.7 Å². The molecule has 9 heteroatoms. The first-order valence-electron chi connectivity index (χ1n) is 8.50. The molecule has 2 aromatic rings. The maximum Gasteiger partial charge on any atom is 0.255 e. The van der Waals surface area contributed by atoms with E-state index in [9.17, 15) is 13.2 Å². The van der Waals surface area contributed by atoms with Crippen LogP contribution in [0.1, 0.15) is 28.1 Å². The van der Waals surface area contributed by atoms with Gasteiger partial charge in [-0.2, -0.15) is 4.31 Å². The molecule has 1 amide bonds. The van der Waals surface area contributed by atoms with Crippen molar-refractivity contribution in [1.29, 1.82) is 0 Å². The number of hydrogen-bond acceptors (Lipinski definition) is 6. The molecule has 0 spiro atoms. The van der Waals surface area contributed by atoms with Gasteiger partial charge in [-0.25, -0.2) is 8.42 Å². The molecule has 1 aromatic carbocycles. The first-order chi connectivity index (χ1) is 12.8. The average molecular weight is 411 g/mol. The minimum Gasteiger partial charge on any atom is -0.497 e. The first kappa shape index (κ1) is 19.7. The third-order valence-corrected chi connectivity index (χ3v) is 7.81. The Hall–Kier alpha value is -2.10. The van der Waals surface area contributed by atoms with Gasteiger partial charge in [0.05, 0.1) is 19.9 Å². The van der Waals surface area contributed by atoms with Gasteiger partial charge in [0.25, 0.3) is 15.9 Å². The summed E-state index contributed by atoms with van der Waals surface area (Å²) in [4.78, 5) is 13.4. The molecule has 1 N–H and O–H groups in total. The number of carbonyl (C=O) groups excluding carboxylic acids is 1. The normalized spacial score (nSPS) is 14.9. The highest BCUT2D eigenvalue weighted by Gasteiger charge is 2.29. The van der Waals surface area contributed by atoms with Gasteiger partial charge in [-0.15, -0.1) is 11.3 Å². The highest BCUT2D eigenvalue weighted by Crippen LogP contribution is 2.33. The molecule has 1 saturated heterocycles. The number of anilines is 1. The summed E-state index contributed by atoms with van der Waals surface area (Å²) in [5.41, 5.74) is 0.852. The van der Waals surface area contributed by atoms with Gasteiger partial charge in [-0.3, -0.25) is 4.79 Å². The lowest BCUT2D eigenvalue weighted by Gasteiger charge is -2.13. The largest absolute Gasteiger partial charge is 0.497 e. The lowest BCUT2D eigenvalue weighted by atomic mass is 10.2. The summed E-state index contributed by atoms with van der Waals surface area (Å²) in [6, 6.07) is 6.40. The number of amides is 1. The van der Waals surface area contributed by atoms with Crippen LogP contribution < -0.4 is 14.8 Å². The second kappa shape index (κ2) is 7.87. The Morgan fingerprint density at radius 3 is 2.22 bits per heavy atom. The summed E-state index contributed by atoms with van der Waals surface area (Å²) in [6.07, 6.45) is 1.76. The summed E-state index contributed by atoms with van der Waals surface area (Å²) in [7, 11) is -0.484. The average Bonchev–Trinajstić information content (AvgIpc) is 3.32. The van der Waals surface area contributed by atoms with Crippen molar-refractivity contribution in [1.82, 2.24) is 4.31 Å². The molecule has 1 fully saturated rings. The molecule has 27 heavy (non-hydrogen) atoms. The number of thiophene rings is 1. The van der Waals surface area contributed by atoms with Crippen LogP contribution in [0.25, 0.3) is 0 Å². The van der Waals surface area contributed by atoms with E-state index in [1.165, 1.54) is 35.9 Å². The van der Waals surface area contributed by atoms with Crippen molar-refractivity contribution in [2.75, 3.05) is 32.6 Å². The van der Waals surface area contributed by atoms with Crippen LogP contribution in [0.3, 0.4) is 0 Å². The Labute approximate surface area is 163 Å². The van der Waals surface area contributed by atoms with E-state index in [-0.39, 0.29) is 10.1 Å². The molecule has 1 aliphatic heterocycles. The highest BCUT2D eigenvalue weighted by molar-refractivity contribution is 7.91. The monoisotopic (exact) mass is 410 g/mol. The fourth-order valence-electron chi connectivity index (χ4n) is 2.89. The number of aryl methyl sites for hydroxylation is 1. The molecule has 0 aliphatic carbocycles. The van der Waals surface area contributed by atoms with Gasteiger partial charge < -0.3 is 14.8 Å². The van der Waals surface area contributed by atoms with Gasteiger partial charge in [-0.05, 0) is 38.0 Å². The second-order valence-corrected chi connectivity index (χ2v) is 9.62. The quantitative estimate of drug-likeness (QED) is 0.791. The minimum atomic E-state index is -3.50. The Kier molecular flexibility index (Phi) is 5.73. The van der Waals surface area contributed by atoms with Crippen LogP contribution in [0, 0.1) is 6.92 Å². The summed E-state index contributed by atoms with van der Waals surface area (Å²) >= 11 is 1.17. The molecule has 146 valence electrons. The van der Waals surface area contributed by atoms with E-state index in [1.807, 2.05) is 0 Å². The van der Waals surface area contributed by atoms with Gasteiger partial charge in [0.2, 0.25) is 0 Å². The van der Waals surface area contributed by atoms with E-state index in [4.69, 9.17) is 9.47 Å². The Morgan fingerprint density at radius 1 is 1.07 bits per heavy atom. The molecular formula is C18H22N2O5S2. The van der Waals surface area contributed by atoms with Crippen molar-refractivity contribution in [3.63, 3.8) is 0 Å². The van der Waals surface area contributed by atoms with Crippen molar-refractivity contribution in [3.05, 3.63) is 34.7 Å². The first-order valence-corrected chi connectivity index (χ1v) is 10.8. The molecular weight excluding hydrogens is 388 g/mol. The summed E-state index contributed by atoms with van der Waals surface area (Å²) in [5, 5.41) is 2.79. The molecule has 3 rings (SSSR count). The Morgan fingerprint density at radius 2 is 1.67 bits per heavy atom. The topological polar surface area (TPSA) is 84.9 Å². The maximum atomic E-state index is 12.7. The minimum absolute atomic E-state index is 0.250. The van der Waals surface area contributed by atoms with E-state index in [1.54, 1.807) is 25.1 Å². The third kappa shape index (κ3) is 4.10. The van der Waals surface area contributed by atoms with Crippen LogP contribution in [0.5, 0.6) is 11.5 Å². The van der Waals surface area contributed by atoms with Gasteiger partial charge in [0.15, 0.2) is 0 Å². The molecule has 7 nitrogen and oxygen atoms in total. The van der Waals surface area contributed by atoms with Crippen molar-refractivity contribution < 1.29 is 22.7 Å². The Bertz CT molecular complexity index is 924. The van der Waals surface area contributed by atoms with Crippen LogP contribution in [0.2, 0.25) is 0 Å². The predicted molar refractivity (Wildman–Crippen MR) is 105 cm³/mol. The van der Waals surface area contributed by atoms with Crippen molar-refractivity contribution in [2.45, 2.75) is 24.0 Å². The number of benzene rings is 1. The number of nitrogens with one attached hydrogen (secondary N) is 1. The van der Waals surface area contributed by atoms with E-state index in [2.05, 4.69) is 5.32 Å². The fraction of sp³-hybridized carbons (Fsp3) is 0.389. The molecule has 2 heterocycles. The number of methoxy groups -OCH3 is 2. The third-order valence-electron chi connectivity index (χ3n) is 4.42. The highest BCUT2D eigenvalue weighted by atomic mass is 32.2. The number of nitrogens with zero attached hydrogens (tertiary/aromatic N) is 1. The molecule has 1 aliphatic rings. The molecule has 0 atom stereocenters. The maximum absolute atomic E-state index is 12.7. The van der Waals surface area contributed by atoms with Gasteiger partial charge in [0.1, 0.15) is 15.7 Å². The Balaban J connectivity index is 1.84. The predicted octanol–water partition coefficient (Wildman–Crippen LogP) is 3.11. The fourth-order valence-corrected chi connectivity index (χ4v) is 5.97. The summed E-state index contributed by atoms with van der Waals surface area (Å²) < 4.78 is 37.5. The molecule has 0 radical (unpaired) electrons. The lowest BCUT2D eigenvalue weighted by molar-refractivity contribution is 0.102. The van der Waals surface area contributed by atoms with Crippen LogP contribution in [-0.2, 0) is 10.0 Å². The molecule has 0 unspecified atom stereocenters. The number of hydrogen-bond donors (Lipinski definition) is 1. The standard InChI is InChI=1S/C18H22N2O5S2/c1-12-16(11-17(26-12)27(22,23)20-6-4-5-7-20)19-18(21)13-8-14(24-2)10-15(9-13)25-3/h8-11H,4-7H2,1-3H3,(H,19,21). The van der Waals surface area contributed by atoms with E-state index < -0.39 is 10.0 Å². The van der Waals surface area contributed by atoms with E-state index >= 15 is 0 Å². The number of carbonyl (C=O) groups is 1. The summed E-state index contributed by atoms with van der Waals surface area (Å²) in [6.45, 7) is 2.88. The number of rotatable bonds is 6. The van der Waals surface area contributed by atoms with Gasteiger partial charge in [-0.1, -0.05) is 0 Å². The second-order valence-electron chi connectivity index (χ2n) is 6.20. The van der Waals surface area contributed by atoms with Gasteiger partial charge >= 0.3 is 0 Å². The van der Waals surface area contributed by atoms with Crippen LogP contribution in [-0.4, -0.2) is 45.9 Å². The smallest absolute Gasteiger partial charge is 0.255 e. The van der Waals surface area contributed by atoms with Crippen molar-refractivity contribution in [3.8, 4) is 11.5 Å². The van der Waals surface area contributed by atoms with Crippen LogP contribution in [0.4, 0.5) is 5.69 Å². The number of sulfonamides is 1. The SMILES string of the molecule is COc1cc(OC)cc(C(=O)Nc2cc(S(=O)(=O)N3CCCC3)sc2C)c1. The van der Waals surface area contributed by atoms with Crippen LogP contribution in [0.15, 0.2) is 28.5 Å². The van der Waals surface area contributed by atoms with Crippen molar-refractivity contribution >= 4 is 33.0 Å².